The van der Waals surface area contributed by atoms with E-state index in [-0.39, 0.29) is 23.0 Å². The molecule has 0 aliphatic carbocycles. The monoisotopic (exact) mass is 486 g/mol. The fourth-order valence-electron chi connectivity index (χ4n) is 4.41. The first kappa shape index (κ1) is 24.3. The molecule has 0 saturated carbocycles. The fraction of sp³-hybridized carbons (Fsp3) is 0.440. The van der Waals surface area contributed by atoms with Crippen molar-refractivity contribution in [2.24, 2.45) is 0 Å². The number of sulfonamides is 1. The molecule has 1 aromatic heterocycles. The minimum atomic E-state index is -3.51. The summed E-state index contributed by atoms with van der Waals surface area (Å²) < 4.78 is 42.8. The molecule has 1 N–H and O–H groups in total. The van der Waals surface area contributed by atoms with Gasteiger partial charge in [-0.05, 0) is 61.6 Å². The molecule has 0 unspecified atom stereocenters. The lowest BCUT2D eigenvalue weighted by molar-refractivity contribution is -0.121. The standard InChI is InChI=1S/C25H31FN4O3S/c1-2-14-30-23-9-8-21(34(32,33)29-15-3-4-16-29)18-22(23)28-24(30)10-11-25(31)27-13-12-19-6-5-7-20(26)17-19/h5-9,17-18H,2-4,10-16H2,1H3,(H,27,31). The summed E-state index contributed by atoms with van der Waals surface area (Å²) in [5, 5.41) is 2.88. The average Bonchev–Trinajstić information content (AvgIpc) is 3.47. The number of carbonyl (C=O) groups is 1. The number of amides is 1. The molecule has 2 aromatic carbocycles. The third-order valence-corrected chi connectivity index (χ3v) is 8.04. The number of fused-ring (bicyclic) bond motifs is 1. The summed E-state index contributed by atoms with van der Waals surface area (Å²) in [5.74, 6) is 0.395. The third-order valence-electron chi connectivity index (χ3n) is 6.15. The highest BCUT2D eigenvalue weighted by Crippen LogP contribution is 2.25. The van der Waals surface area contributed by atoms with E-state index < -0.39 is 10.0 Å². The van der Waals surface area contributed by atoms with Crippen molar-refractivity contribution in [1.82, 2.24) is 19.2 Å². The molecule has 4 rings (SSSR count). The van der Waals surface area contributed by atoms with Gasteiger partial charge in [0.25, 0.3) is 0 Å². The quantitative estimate of drug-likeness (QED) is 0.474. The Labute approximate surface area is 200 Å². The number of benzene rings is 2. The number of halogens is 1. The lowest BCUT2D eigenvalue weighted by Crippen LogP contribution is -2.27. The Balaban J connectivity index is 1.43. The van der Waals surface area contributed by atoms with Crippen LogP contribution < -0.4 is 5.32 Å². The Morgan fingerprint density at radius 2 is 1.91 bits per heavy atom. The van der Waals surface area contributed by atoms with E-state index in [1.165, 1.54) is 16.4 Å². The van der Waals surface area contributed by atoms with Crippen molar-refractivity contribution in [1.29, 1.82) is 0 Å². The number of rotatable bonds is 10. The number of aryl methyl sites for hydroxylation is 2. The van der Waals surface area contributed by atoms with Crippen molar-refractivity contribution in [3.8, 4) is 0 Å². The minimum Gasteiger partial charge on any atom is -0.356 e. The van der Waals surface area contributed by atoms with Gasteiger partial charge in [0.2, 0.25) is 15.9 Å². The van der Waals surface area contributed by atoms with Crippen molar-refractivity contribution >= 4 is 27.0 Å². The van der Waals surface area contributed by atoms with Gasteiger partial charge in [-0.1, -0.05) is 19.1 Å². The summed E-state index contributed by atoms with van der Waals surface area (Å²) in [7, 11) is -3.51. The van der Waals surface area contributed by atoms with Gasteiger partial charge in [0.1, 0.15) is 11.6 Å². The molecule has 182 valence electrons. The molecule has 1 saturated heterocycles. The zero-order valence-corrected chi connectivity index (χ0v) is 20.3. The minimum absolute atomic E-state index is 0.0937. The maximum absolute atomic E-state index is 13.3. The number of nitrogens with zero attached hydrogens (tertiary/aromatic N) is 3. The van der Waals surface area contributed by atoms with Gasteiger partial charge in [0.05, 0.1) is 15.9 Å². The zero-order valence-electron chi connectivity index (χ0n) is 19.5. The van der Waals surface area contributed by atoms with Gasteiger partial charge in [-0.25, -0.2) is 17.8 Å². The summed E-state index contributed by atoms with van der Waals surface area (Å²) in [6.45, 7) is 4.37. The summed E-state index contributed by atoms with van der Waals surface area (Å²) in [5.41, 5.74) is 2.35. The Morgan fingerprint density at radius 1 is 1.12 bits per heavy atom. The number of hydrogen-bond acceptors (Lipinski definition) is 4. The Bertz CT molecular complexity index is 1270. The van der Waals surface area contributed by atoms with Crippen molar-refractivity contribution in [3.05, 3.63) is 59.7 Å². The van der Waals surface area contributed by atoms with Gasteiger partial charge in [0.15, 0.2) is 0 Å². The second-order valence-corrected chi connectivity index (χ2v) is 10.6. The number of imidazole rings is 1. The van der Waals surface area contributed by atoms with Crippen LogP contribution in [-0.4, -0.2) is 47.8 Å². The number of nitrogens with one attached hydrogen (secondary N) is 1. The van der Waals surface area contributed by atoms with E-state index in [0.717, 1.165) is 42.7 Å². The van der Waals surface area contributed by atoms with Crippen molar-refractivity contribution < 1.29 is 17.6 Å². The highest BCUT2D eigenvalue weighted by atomic mass is 32.2. The molecule has 3 aromatic rings. The van der Waals surface area contributed by atoms with Crippen LogP contribution in [0.25, 0.3) is 11.0 Å². The maximum Gasteiger partial charge on any atom is 0.243 e. The molecule has 0 bridgehead atoms. The Morgan fingerprint density at radius 3 is 2.65 bits per heavy atom. The Kier molecular flexibility index (Phi) is 7.63. The molecule has 0 spiro atoms. The first-order valence-corrected chi connectivity index (χ1v) is 13.3. The van der Waals surface area contributed by atoms with Gasteiger partial charge in [-0.3, -0.25) is 4.79 Å². The van der Waals surface area contributed by atoms with Gasteiger partial charge in [0, 0.05) is 39.0 Å². The molecule has 1 aliphatic rings. The number of aromatic nitrogens is 2. The molecule has 1 aliphatic heterocycles. The molecular formula is C25H31FN4O3S. The smallest absolute Gasteiger partial charge is 0.243 e. The highest BCUT2D eigenvalue weighted by Gasteiger charge is 2.27. The van der Waals surface area contributed by atoms with Crippen LogP contribution in [0, 0.1) is 5.82 Å². The maximum atomic E-state index is 13.3. The topological polar surface area (TPSA) is 84.3 Å². The van der Waals surface area contributed by atoms with E-state index in [9.17, 15) is 17.6 Å². The second-order valence-electron chi connectivity index (χ2n) is 8.67. The predicted octanol–water partition coefficient (Wildman–Crippen LogP) is 3.66. The second kappa shape index (κ2) is 10.7. The lowest BCUT2D eigenvalue weighted by atomic mass is 10.1. The van der Waals surface area contributed by atoms with Gasteiger partial charge >= 0.3 is 0 Å². The van der Waals surface area contributed by atoms with Crippen LogP contribution in [0.15, 0.2) is 47.4 Å². The molecule has 9 heteroatoms. The molecule has 0 atom stereocenters. The largest absolute Gasteiger partial charge is 0.356 e. The van der Waals surface area contributed by atoms with Crippen molar-refractivity contribution in [2.75, 3.05) is 19.6 Å². The summed E-state index contributed by atoms with van der Waals surface area (Å²) in [6.07, 6.45) is 3.96. The average molecular weight is 487 g/mol. The zero-order chi connectivity index (χ0) is 24.1. The van der Waals surface area contributed by atoms with E-state index >= 15 is 0 Å². The highest BCUT2D eigenvalue weighted by molar-refractivity contribution is 7.89. The molecule has 1 amide bonds. The van der Waals surface area contributed by atoms with E-state index in [2.05, 4.69) is 16.8 Å². The van der Waals surface area contributed by atoms with Crippen LogP contribution in [-0.2, 0) is 34.2 Å². The van der Waals surface area contributed by atoms with Gasteiger partial charge in [-0.15, -0.1) is 0 Å². The van der Waals surface area contributed by atoms with E-state index in [0.29, 0.717) is 38.0 Å². The van der Waals surface area contributed by atoms with Gasteiger partial charge in [-0.2, -0.15) is 4.31 Å². The third kappa shape index (κ3) is 5.47. The van der Waals surface area contributed by atoms with Gasteiger partial charge < -0.3 is 9.88 Å². The summed E-state index contributed by atoms with van der Waals surface area (Å²) in [6, 6.07) is 11.5. The molecule has 1 fully saturated rings. The normalized spacial score (nSPS) is 14.6. The van der Waals surface area contributed by atoms with E-state index in [4.69, 9.17) is 4.98 Å². The molecule has 34 heavy (non-hydrogen) atoms. The Hall–Kier alpha value is -2.78. The van der Waals surface area contributed by atoms with Crippen LogP contribution >= 0.6 is 0 Å². The number of carbonyl (C=O) groups excluding carboxylic acids is 1. The van der Waals surface area contributed by atoms with Crippen LogP contribution in [0.1, 0.15) is 44.0 Å². The van der Waals surface area contributed by atoms with E-state index in [1.54, 1.807) is 18.2 Å². The van der Waals surface area contributed by atoms with Crippen molar-refractivity contribution in [3.63, 3.8) is 0 Å². The summed E-state index contributed by atoms with van der Waals surface area (Å²) >= 11 is 0. The first-order chi connectivity index (χ1) is 16.4. The predicted molar refractivity (Wildman–Crippen MR) is 129 cm³/mol. The fourth-order valence-corrected chi connectivity index (χ4v) is 5.95. The van der Waals surface area contributed by atoms with E-state index in [1.807, 2.05) is 12.1 Å². The molecule has 7 nitrogen and oxygen atoms in total. The first-order valence-electron chi connectivity index (χ1n) is 11.9. The van der Waals surface area contributed by atoms with Crippen molar-refractivity contribution in [2.45, 2.75) is 56.9 Å². The molecule has 0 radical (unpaired) electrons. The van der Waals surface area contributed by atoms with Crippen LogP contribution in [0.3, 0.4) is 0 Å². The SMILES string of the molecule is CCCn1c(CCC(=O)NCCc2cccc(F)c2)nc2cc(S(=O)(=O)N3CCCC3)ccc21. The van der Waals surface area contributed by atoms with Crippen LogP contribution in [0.2, 0.25) is 0 Å². The molecule has 2 heterocycles. The number of hydrogen-bond donors (Lipinski definition) is 1. The molecular weight excluding hydrogens is 455 g/mol. The summed E-state index contributed by atoms with van der Waals surface area (Å²) in [4.78, 5) is 17.4. The van der Waals surface area contributed by atoms with Crippen LogP contribution in [0.4, 0.5) is 4.39 Å². The van der Waals surface area contributed by atoms with Crippen LogP contribution in [0.5, 0.6) is 0 Å². The lowest BCUT2D eigenvalue weighted by Gasteiger charge is -2.15.